The second-order valence-corrected chi connectivity index (χ2v) is 4.78. The average Bonchev–Trinajstić information content (AvgIpc) is 2.55. The van der Waals surface area contributed by atoms with Gasteiger partial charge in [0.25, 0.3) is 5.91 Å². The van der Waals surface area contributed by atoms with Gasteiger partial charge in [0.2, 0.25) is 0 Å². The number of carboxylic acid groups (broad SMARTS) is 1. The molecule has 1 amide bonds. The lowest BCUT2D eigenvalue weighted by molar-refractivity contribution is -0.136. The van der Waals surface area contributed by atoms with Gasteiger partial charge in [-0.3, -0.25) is 9.59 Å². The van der Waals surface area contributed by atoms with Crippen LogP contribution in [0.3, 0.4) is 0 Å². The fourth-order valence-corrected chi connectivity index (χ4v) is 1.96. The lowest BCUT2D eigenvalue weighted by Gasteiger charge is -2.05. The molecule has 2 rings (SSSR count). The third kappa shape index (κ3) is 4.58. The molecule has 0 aliphatic heterocycles. The van der Waals surface area contributed by atoms with Gasteiger partial charge in [-0.2, -0.15) is 5.26 Å². The van der Waals surface area contributed by atoms with Crippen LogP contribution in [0.5, 0.6) is 0 Å². The molecule has 3 N–H and O–H groups in total. The number of carbonyl (C=O) groups is 2. The number of benzene rings is 2. The molecule has 2 aromatic rings. The number of aliphatic carboxylic acids is 1. The molecule has 23 heavy (non-hydrogen) atoms. The molecule has 2 aromatic carbocycles. The quantitative estimate of drug-likeness (QED) is 0.561. The molecule has 0 aromatic heterocycles. The molecular formula is C17H15N3O3. The molecule has 0 radical (unpaired) electrons. The van der Waals surface area contributed by atoms with E-state index in [-0.39, 0.29) is 18.5 Å². The Kier molecular flexibility index (Phi) is 5.31. The summed E-state index contributed by atoms with van der Waals surface area (Å²) < 4.78 is 0. The number of carbonyl (C=O) groups excluding carboxylic acids is 1. The third-order valence-electron chi connectivity index (χ3n) is 3.12. The largest absolute Gasteiger partial charge is 0.481 e. The van der Waals surface area contributed by atoms with Gasteiger partial charge in [-0.05, 0) is 22.9 Å². The van der Waals surface area contributed by atoms with E-state index in [0.29, 0.717) is 0 Å². The van der Waals surface area contributed by atoms with E-state index in [4.69, 9.17) is 10.4 Å². The van der Waals surface area contributed by atoms with Crippen LogP contribution in [-0.2, 0) is 9.59 Å². The first-order valence-corrected chi connectivity index (χ1v) is 6.96. The zero-order valence-corrected chi connectivity index (χ0v) is 12.2. The van der Waals surface area contributed by atoms with Crippen molar-refractivity contribution in [3.8, 4) is 6.07 Å². The van der Waals surface area contributed by atoms with Crippen molar-refractivity contribution in [2.45, 2.75) is 6.42 Å². The second kappa shape index (κ2) is 7.61. The highest BCUT2D eigenvalue weighted by atomic mass is 16.4. The number of nitriles is 1. The fourth-order valence-electron chi connectivity index (χ4n) is 1.96. The zero-order chi connectivity index (χ0) is 16.7. The summed E-state index contributed by atoms with van der Waals surface area (Å²) in [6.45, 7) is -0.0246. The van der Waals surface area contributed by atoms with Gasteiger partial charge in [0.15, 0.2) is 0 Å². The van der Waals surface area contributed by atoms with Crippen LogP contribution < -0.4 is 10.6 Å². The molecular weight excluding hydrogens is 294 g/mol. The second-order valence-electron chi connectivity index (χ2n) is 4.78. The molecule has 0 aliphatic rings. The van der Waals surface area contributed by atoms with Crippen molar-refractivity contribution in [2.24, 2.45) is 0 Å². The number of hydrogen-bond acceptors (Lipinski definition) is 4. The Labute approximate surface area is 133 Å². The maximum Gasteiger partial charge on any atom is 0.305 e. The Morgan fingerprint density at radius 3 is 2.61 bits per heavy atom. The normalized spacial score (nSPS) is 10.8. The number of amides is 1. The van der Waals surface area contributed by atoms with Crippen molar-refractivity contribution in [3.63, 3.8) is 0 Å². The summed E-state index contributed by atoms with van der Waals surface area (Å²) in [4.78, 5) is 22.1. The van der Waals surface area contributed by atoms with E-state index in [1.165, 1.54) is 6.20 Å². The van der Waals surface area contributed by atoms with Crippen molar-refractivity contribution in [3.05, 3.63) is 54.2 Å². The van der Waals surface area contributed by atoms with Crippen LogP contribution in [0.2, 0.25) is 0 Å². The topological polar surface area (TPSA) is 102 Å². The molecule has 6 nitrogen and oxygen atoms in total. The van der Waals surface area contributed by atoms with E-state index in [1.54, 1.807) is 6.07 Å². The number of nitrogens with zero attached hydrogens (tertiary/aromatic N) is 1. The summed E-state index contributed by atoms with van der Waals surface area (Å²) in [7, 11) is 0. The average molecular weight is 309 g/mol. The maximum absolute atomic E-state index is 11.8. The molecule has 0 fully saturated rings. The predicted molar refractivity (Wildman–Crippen MR) is 86.5 cm³/mol. The number of nitrogens with one attached hydrogen (secondary N) is 2. The number of carboxylic acids is 1. The summed E-state index contributed by atoms with van der Waals surface area (Å²) in [5.74, 6) is -1.62. The Bertz CT molecular complexity index is 806. The number of rotatable bonds is 6. The van der Waals surface area contributed by atoms with E-state index in [2.05, 4.69) is 10.6 Å². The standard InChI is InChI=1S/C17H15N3O3/c18-10-14(17(23)19-8-7-16(21)22)11-20-15-6-5-12-3-1-2-4-13(12)9-15/h1-6,9,11,20H,7-8H2,(H,19,23)(H,21,22)/b14-11-. The molecule has 0 spiro atoms. The SMILES string of the molecule is N#C/C(=C/Nc1ccc2ccccc2c1)C(=O)NCCC(=O)O. The van der Waals surface area contributed by atoms with E-state index in [1.807, 2.05) is 42.5 Å². The van der Waals surface area contributed by atoms with Gasteiger partial charge in [0, 0.05) is 18.4 Å². The summed E-state index contributed by atoms with van der Waals surface area (Å²) in [5.41, 5.74) is 0.623. The minimum absolute atomic E-state index is 0.0246. The van der Waals surface area contributed by atoms with Crippen molar-refractivity contribution >= 4 is 28.3 Å². The fraction of sp³-hybridized carbons (Fsp3) is 0.118. The van der Waals surface area contributed by atoms with E-state index in [9.17, 15) is 9.59 Å². The van der Waals surface area contributed by atoms with Gasteiger partial charge in [-0.1, -0.05) is 30.3 Å². The summed E-state index contributed by atoms with van der Waals surface area (Å²) in [6.07, 6.45) is 1.11. The van der Waals surface area contributed by atoms with Crippen molar-refractivity contribution in [1.29, 1.82) is 5.26 Å². The van der Waals surface area contributed by atoms with E-state index >= 15 is 0 Å². The number of hydrogen-bond donors (Lipinski definition) is 3. The Hall–Kier alpha value is -3.33. The summed E-state index contributed by atoms with van der Waals surface area (Å²) in [5, 5.41) is 25.0. The highest BCUT2D eigenvalue weighted by Gasteiger charge is 2.08. The zero-order valence-electron chi connectivity index (χ0n) is 12.2. The van der Waals surface area contributed by atoms with Crippen LogP contribution in [0, 0.1) is 11.3 Å². The molecule has 0 unspecified atom stereocenters. The van der Waals surface area contributed by atoms with Gasteiger partial charge >= 0.3 is 5.97 Å². The van der Waals surface area contributed by atoms with Crippen LogP contribution in [-0.4, -0.2) is 23.5 Å². The first kappa shape index (κ1) is 16.0. The van der Waals surface area contributed by atoms with Crippen LogP contribution in [0.15, 0.2) is 54.2 Å². The van der Waals surface area contributed by atoms with Gasteiger partial charge in [0.1, 0.15) is 11.6 Å². The molecule has 0 heterocycles. The molecule has 0 saturated heterocycles. The monoisotopic (exact) mass is 309 g/mol. The van der Waals surface area contributed by atoms with Gasteiger partial charge in [-0.15, -0.1) is 0 Å². The minimum Gasteiger partial charge on any atom is -0.481 e. The smallest absolute Gasteiger partial charge is 0.305 e. The highest BCUT2D eigenvalue weighted by molar-refractivity contribution is 5.97. The van der Waals surface area contributed by atoms with Crippen LogP contribution in [0.25, 0.3) is 10.8 Å². The lowest BCUT2D eigenvalue weighted by atomic mass is 10.1. The molecule has 0 atom stereocenters. The van der Waals surface area contributed by atoms with E-state index in [0.717, 1.165) is 16.5 Å². The van der Waals surface area contributed by atoms with Crippen LogP contribution in [0.4, 0.5) is 5.69 Å². The maximum atomic E-state index is 11.8. The number of anilines is 1. The van der Waals surface area contributed by atoms with Crippen LogP contribution in [0.1, 0.15) is 6.42 Å². The van der Waals surface area contributed by atoms with Crippen molar-refractivity contribution in [2.75, 3.05) is 11.9 Å². The van der Waals surface area contributed by atoms with Crippen molar-refractivity contribution in [1.82, 2.24) is 5.32 Å². The molecule has 6 heteroatoms. The molecule has 0 bridgehead atoms. The van der Waals surface area contributed by atoms with Crippen LogP contribution >= 0.6 is 0 Å². The van der Waals surface area contributed by atoms with Gasteiger partial charge < -0.3 is 15.7 Å². The van der Waals surface area contributed by atoms with Crippen molar-refractivity contribution < 1.29 is 14.7 Å². The third-order valence-corrected chi connectivity index (χ3v) is 3.12. The highest BCUT2D eigenvalue weighted by Crippen LogP contribution is 2.18. The molecule has 0 aliphatic carbocycles. The summed E-state index contributed by atoms with van der Waals surface area (Å²) >= 11 is 0. The molecule has 0 saturated carbocycles. The molecule has 116 valence electrons. The first-order chi connectivity index (χ1) is 11.1. The Morgan fingerprint density at radius 1 is 1.17 bits per heavy atom. The summed E-state index contributed by atoms with van der Waals surface area (Å²) in [6, 6.07) is 15.3. The number of fused-ring (bicyclic) bond motifs is 1. The van der Waals surface area contributed by atoms with Gasteiger partial charge in [-0.25, -0.2) is 0 Å². The van der Waals surface area contributed by atoms with Gasteiger partial charge in [0.05, 0.1) is 6.42 Å². The predicted octanol–water partition coefficient (Wildman–Crippen LogP) is 2.25. The van der Waals surface area contributed by atoms with E-state index < -0.39 is 11.9 Å². The Morgan fingerprint density at radius 2 is 1.91 bits per heavy atom. The Balaban J connectivity index is 2.04. The lowest BCUT2D eigenvalue weighted by Crippen LogP contribution is -2.27. The first-order valence-electron chi connectivity index (χ1n) is 6.96. The minimum atomic E-state index is -1.01.